The molecule has 0 aromatic carbocycles. The van der Waals surface area contributed by atoms with Gasteiger partial charge in [-0.3, -0.25) is 9.69 Å². The van der Waals surface area contributed by atoms with Crippen LogP contribution in [0.1, 0.15) is 33.6 Å². The smallest absolute Gasteiger partial charge is 0.410 e. The van der Waals surface area contributed by atoms with E-state index in [2.05, 4.69) is 10.2 Å². The van der Waals surface area contributed by atoms with Crippen LogP contribution in [0.3, 0.4) is 0 Å². The van der Waals surface area contributed by atoms with Gasteiger partial charge in [0.1, 0.15) is 5.60 Å². The number of fused-ring (bicyclic) bond motifs is 1. The molecule has 0 spiro atoms. The van der Waals surface area contributed by atoms with Crippen molar-refractivity contribution in [2.45, 2.75) is 39.2 Å². The van der Waals surface area contributed by atoms with E-state index < -0.39 is 5.60 Å². The molecule has 3 rings (SSSR count). The highest BCUT2D eigenvalue weighted by Crippen LogP contribution is 2.75. The van der Waals surface area contributed by atoms with Gasteiger partial charge < -0.3 is 15.0 Å². The van der Waals surface area contributed by atoms with E-state index in [1.54, 1.807) is 4.90 Å². The molecule has 6 nitrogen and oxygen atoms in total. The number of piperazine rings is 1. The first kappa shape index (κ1) is 15.6. The van der Waals surface area contributed by atoms with Gasteiger partial charge in [-0.25, -0.2) is 4.79 Å². The van der Waals surface area contributed by atoms with Crippen molar-refractivity contribution in [2.75, 3.05) is 39.3 Å². The van der Waals surface area contributed by atoms with Crippen LogP contribution in [-0.2, 0) is 9.53 Å². The molecular formula is C16H27N3O3. The van der Waals surface area contributed by atoms with Crippen LogP contribution in [0.5, 0.6) is 0 Å². The molecule has 2 amide bonds. The van der Waals surface area contributed by atoms with E-state index in [-0.39, 0.29) is 17.4 Å². The van der Waals surface area contributed by atoms with Crippen molar-refractivity contribution >= 4 is 12.0 Å². The standard InChI is InChI=1S/C16H27N3O3/c1-15(2,3)22-14(21)19-8-6-18(7-9-19)5-4-17-13(20)16-10-12(16)11-16/h12H,4-11H2,1-3H3,(H,17,20). The van der Waals surface area contributed by atoms with Crippen LogP contribution < -0.4 is 5.32 Å². The Labute approximate surface area is 132 Å². The maximum Gasteiger partial charge on any atom is 0.410 e. The molecule has 0 aromatic rings. The van der Waals surface area contributed by atoms with Gasteiger partial charge in [0.2, 0.25) is 5.91 Å². The molecule has 2 aliphatic carbocycles. The summed E-state index contributed by atoms with van der Waals surface area (Å²) in [5.41, 5.74) is -0.378. The number of nitrogens with one attached hydrogen (secondary N) is 1. The molecule has 1 N–H and O–H groups in total. The van der Waals surface area contributed by atoms with Gasteiger partial charge in [-0.2, -0.15) is 0 Å². The van der Waals surface area contributed by atoms with Gasteiger partial charge in [-0.05, 0) is 39.5 Å². The SMILES string of the molecule is CC(C)(C)OC(=O)N1CCN(CCNC(=O)C23CC2C3)CC1. The summed E-state index contributed by atoms with van der Waals surface area (Å²) in [7, 11) is 0. The molecule has 22 heavy (non-hydrogen) atoms. The maximum atomic E-state index is 12.0. The Morgan fingerprint density at radius 2 is 1.77 bits per heavy atom. The van der Waals surface area contributed by atoms with E-state index in [0.717, 1.165) is 32.5 Å². The van der Waals surface area contributed by atoms with Crippen LogP contribution in [0.4, 0.5) is 4.79 Å². The summed E-state index contributed by atoms with van der Waals surface area (Å²) in [5, 5.41) is 3.05. The molecule has 3 aliphatic rings. The molecule has 0 bridgehead atoms. The second kappa shape index (κ2) is 5.41. The normalized spacial score (nSPS) is 30.5. The second-order valence-corrected chi connectivity index (χ2v) is 7.83. The van der Waals surface area contributed by atoms with Gasteiger partial charge in [-0.15, -0.1) is 0 Å². The molecule has 0 aromatic heterocycles. The molecule has 1 heterocycles. The topological polar surface area (TPSA) is 61.9 Å². The summed E-state index contributed by atoms with van der Waals surface area (Å²) in [6, 6.07) is 0. The Morgan fingerprint density at radius 3 is 2.27 bits per heavy atom. The Morgan fingerprint density at radius 1 is 1.18 bits per heavy atom. The minimum absolute atomic E-state index is 0.0649. The van der Waals surface area contributed by atoms with Gasteiger partial charge in [0, 0.05) is 39.3 Å². The molecule has 2 saturated carbocycles. The van der Waals surface area contributed by atoms with Crippen molar-refractivity contribution in [1.29, 1.82) is 0 Å². The fraction of sp³-hybridized carbons (Fsp3) is 0.875. The molecule has 0 atom stereocenters. The Hall–Kier alpha value is -1.30. The number of carbonyl (C=O) groups excluding carboxylic acids is 2. The summed E-state index contributed by atoms with van der Waals surface area (Å²) in [6.07, 6.45) is 1.98. The van der Waals surface area contributed by atoms with E-state index in [1.165, 1.54) is 0 Å². The van der Waals surface area contributed by atoms with E-state index in [0.29, 0.717) is 25.6 Å². The lowest BCUT2D eigenvalue weighted by atomic mass is 10.2. The van der Waals surface area contributed by atoms with Crippen molar-refractivity contribution in [2.24, 2.45) is 11.3 Å². The monoisotopic (exact) mass is 309 g/mol. The molecule has 0 radical (unpaired) electrons. The third-order valence-electron chi connectivity index (χ3n) is 4.87. The average molecular weight is 309 g/mol. The molecule has 0 unspecified atom stereocenters. The zero-order valence-corrected chi connectivity index (χ0v) is 13.9. The van der Waals surface area contributed by atoms with E-state index >= 15 is 0 Å². The minimum Gasteiger partial charge on any atom is -0.444 e. The third kappa shape index (κ3) is 3.37. The summed E-state index contributed by atoms with van der Waals surface area (Å²) < 4.78 is 5.39. The number of ether oxygens (including phenoxy) is 1. The molecule has 6 heteroatoms. The highest BCUT2D eigenvalue weighted by molar-refractivity contribution is 5.89. The zero-order valence-electron chi connectivity index (χ0n) is 13.9. The number of rotatable bonds is 4. The van der Waals surface area contributed by atoms with E-state index in [9.17, 15) is 9.59 Å². The number of carbonyl (C=O) groups is 2. The maximum absolute atomic E-state index is 12.0. The first-order chi connectivity index (χ1) is 10.3. The lowest BCUT2D eigenvalue weighted by molar-refractivity contribution is -0.124. The molecule has 124 valence electrons. The number of hydrogen-bond acceptors (Lipinski definition) is 4. The Balaban J connectivity index is 1.31. The van der Waals surface area contributed by atoms with Crippen LogP contribution in [0, 0.1) is 11.3 Å². The highest BCUT2D eigenvalue weighted by atomic mass is 16.6. The first-order valence-electron chi connectivity index (χ1n) is 8.29. The Bertz CT molecular complexity index is 458. The van der Waals surface area contributed by atoms with E-state index in [4.69, 9.17) is 4.74 Å². The fourth-order valence-electron chi connectivity index (χ4n) is 3.06. The summed E-state index contributed by atoms with van der Waals surface area (Å²) in [6.45, 7) is 10.3. The lowest BCUT2D eigenvalue weighted by Gasteiger charge is -2.35. The number of hydrogen-bond donors (Lipinski definition) is 1. The van der Waals surface area contributed by atoms with Crippen LogP contribution in [-0.4, -0.2) is 66.7 Å². The van der Waals surface area contributed by atoms with Crippen LogP contribution in [0.15, 0.2) is 0 Å². The van der Waals surface area contributed by atoms with Crippen molar-refractivity contribution in [3.63, 3.8) is 0 Å². The van der Waals surface area contributed by atoms with Gasteiger partial charge in [0.25, 0.3) is 0 Å². The zero-order chi connectivity index (χ0) is 16.0. The van der Waals surface area contributed by atoms with E-state index in [1.807, 2.05) is 20.8 Å². The molecule has 1 aliphatic heterocycles. The highest BCUT2D eigenvalue weighted by Gasteiger charge is 2.74. The first-order valence-corrected chi connectivity index (χ1v) is 8.29. The van der Waals surface area contributed by atoms with Gasteiger partial charge >= 0.3 is 6.09 Å². The predicted octanol–water partition coefficient (Wildman–Crippen LogP) is 1.07. The molecule has 3 fully saturated rings. The van der Waals surface area contributed by atoms with Crippen molar-refractivity contribution in [3.8, 4) is 0 Å². The summed E-state index contributed by atoms with van der Waals surface area (Å²) in [5.74, 6) is 0.953. The number of amides is 2. The minimum atomic E-state index is -0.443. The summed E-state index contributed by atoms with van der Waals surface area (Å²) in [4.78, 5) is 27.9. The lowest BCUT2D eigenvalue weighted by Crippen LogP contribution is -2.51. The van der Waals surface area contributed by atoms with Gasteiger partial charge in [-0.1, -0.05) is 0 Å². The number of nitrogens with zero attached hydrogens (tertiary/aromatic N) is 2. The quantitative estimate of drug-likeness (QED) is 0.844. The largest absolute Gasteiger partial charge is 0.444 e. The van der Waals surface area contributed by atoms with Crippen LogP contribution in [0.2, 0.25) is 0 Å². The molecule has 1 saturated heterocycles. The van der Waals surface area contributed by atoms with Crippen LogP contribution >= 0.6 is 0 Å². The molecular weight excluding hydrogens is 282 g/mol. The van der Waals surface area contributed by atoms with Crippen molar-refractivity contribution in [1.82, 2.24) is 15.1 Å². The van der Waals surface area contributed by atoms with Gasteiger partial charge in [0.15, 0.2) is 0 Å². The van der Waals surface area contributed by atoms with Crippen molar-refractivity contribution in [3.05, 3.63) is 0 Å². The summed E-state index contributed by atoms with van der Waals surface area (Å²) >= 11 is 0. The Kier molecular flexibility index (Phi) is 3.83. The van der Waals surface area contributed by atoms with Gasteiger partial charge in [0.05, 0.1) is 5.41 Å². The fourth-order valence-corrected chi connectivity index (χ4v) is 3.06. The third-order valence-corrected chi connectivity index (χ3v) is 4.87. The van der Waals surface area contributed by atoms with Crippen molar-refractivity contribution < 1.29 is 14.3 Å². The second-order valence-electron chi connectivity index (χ2n) is 7.83. The predicted molar refractivity (Wildman–Crippen MR) is 82.4 cm³/mol. The average Bonchev–Trinajstić information content (AvgIpc) is 3.26. The van der Waals surface area contributed by atoms with Crippen LogP contribution in [0.25, 0.3) is 0 Å².